The highest BCUT2D eigenvalue weighted by molar-refractivity contribution is 6.02. The van der Waals surface area contributed by atoms with Crippen LogP contribution in [0.3, 0.4) is 0 Å². The van der Waals surface area contributed by atoms with E-state index in [9.17, 15) is 9.59 Å². The van der Waals surface area contributed by atoms with Crippen molar-refractivity contribution < 1.29 is 14.0 Å². The molecule has 0 N–H and O–H groups in total. The number of hydrogen-bond acceptors (Lipinski definition) is 4. The molecule has 1 aromatic heterocycles. The quantitative estimate of drug-likeness (QED) is 0.467. The van der Waals surface area contributed by atoms with Crippen molar-refractivity contribution in [1.82, 2.24) is 9.78 Å². The summed E-state index contributed by atoms with van der Waals surface area (Å²) in [5.74, 6) is -0.514. The van der Waals surface area contributed by atoms with Gasteiger partial charge in [0.05, 0.1) is 31.2 Å². The number of fused-ring (bicyclic) bond motifs is 1. The first-order valence-corrected chi connectivity index (χ1v) is 9.57. The van der Waals surface area contributed by atoms with Gasteiger partial charge in [-0.05, 0) is 32.0 Å². The third kappa shape index (κ3) is 3.97. The van der Waals surface area contributed by atoms with E-state index < -0.39 is 5.97 Å². The van der Waals surface area contributed by atoms with E-state index in [-0.39, 0.29) is 11.3 Å². The summed E-state index contributed by atoms with van der Waals surface area (Å²) in [5.41, 5.74) is 0.495. The van der Waals surface area contributed by atoms with E-state index in [1.54, 1.807) is 36.4 Å². The number of hydrogen-bond donors (Lipinski definition) is 0. The molecule has 0 atom stereocenters. The van der Waals surface area contributed by atoms with Gasteiger partial charge in [0.15, 0.2) is 5.69 Å². The Labute approximate surface area is 164 Å². The second-order valence-electron chi connectivity index (χ2n) is 7.06. The molecule has 0 amide bonds. The number of nitrogens with zero attached hydrogens (tertiary/aromatic N) is 3. The van der Waals surface area contributed by atoms with Crippen LogP contribution in [-0.2, 0) is 4.74 Å². The Balaban J connectivity index is 1.97. The number of ether oxygens (including phenoxy) is 1. The van der Waals surface area contributed by atoms with Crippen molar-refractivity contribution in [2.24, 2.45) is 0 Å². The van der Waals surface area contributed by atoms with E-state index in [1.165, 1.54) is 4.68 Å². The van der Waals surface area contributed by atoms with Crippen LogP contribution in [0, 0.1) is 0 Å². The third-order valence-corrected chi connectivity index (χ3v) is 5.39. The molecule has 0 aliphatic carbocycles. The number of esters is 1. The lowest BCUT2D eigenvalue weighted by Gasteiger charge is -2.31. The molecule has 3 aromatic rings. The Bertz CT molecular complexity index is 1020. The number of quaternary nitrogens is 1. The maximum Gasteiger partial charge on any atom is 0.359 e. The Kier molecular flexibility index (Phi) is 5.90. The summed E-state index contributed by atoms with van der Waals surface area (Å²) in [4.78, 5) is 25.7. The molecule has 0 saturated carbocycles. The van der Waals surface area contributed by atoms with Gasteiger partial charge in [0, 0.05) is 5.39 Å². The molecular formula is C22H26N3O3+. The third-order valence-electron chi connectivity index (χ3n) is 5.39. The van der Waals surface area contributed by atoms with Crippen molar-refractivity contribution >= 4 is 16.7 Å². The van der Waals surface area contributed by atoms with Crippen molar-refractivity contribution in [2.75, 3.05) is 33.3 Å². The zero-order valence-electron chi connectivity index (χ0n) is 16.6. The van der Waals surface area contributed by atoms with Crippen molar-refractivity contribution in [3.63, 3.8) is 0 Å². The van der Waals surface area contributed by atoms with Gasteiger partial charge in [-0.2, -0.15) is 9.78 Å². The van der Waals surface area contributed by atoms with Gasteiger partial charge in [0.1, 0.15) is 13.2 Å². The van der Waals surface area contributed by atoms with Gasteiger partial charge in [-0.15, -0.1) is 0 Å². The van der Waals surface area contributed by atoms with Crippen molar-refractivity contribution in [3.8, 4) is 5.69 Å². The largest absolute Gasteiger partial charge is 0.455 e. The monoisotopic (exact) mass is 380 g/mol. The number of carbonyl (C=O) groups is 1. The Morgan fingerprint density at radius 1 is 1.00 bits per heavy atom. The first kappa shape index (κ1) is 19.8. The fourth-order valence-electron chi connectivity index (χ4n) is 3.05. The van der Waals surface area contributed by atoms with E-state index in [2.05, 4.69) is 26.0 Å². The van der Waals surface area contributed by atoms with Crippen LogP contribution in [-0.4, -0.2) is 53.5 Å². The number of benzene rings is 2. The second kappa shape index (κ2) is 8.35. The summed E-state index contributed by atoms with van der Waals surface area (Å²) < 4.78 is 7.62. The molecule has 0 bridgehead atoms. The van der Waals surface area contributed by atoms with Crippen LogP contribution in [0.25, 0.3) is 16.5 Å². The molecule has 0 aliphatic heterocycles. The average Bonchev–Trinajstić information content (AvgIpc) is 2.74. The number of rotatable bonds is 7. The van der Waals surface area contributed by atoms with Gasteiger partial charge in [-0.25, -0.2) is 4.79 Å². The van der Waals surface area contributed by atoms with Gasteiger partial charge >= 0.3 is 5.97 Å². The first-order chi connectivity index (χ1) is 13.5. The standard InChI is InChI=1S/C22H26N3O3/c1-4-25(3,5-2)15-16-28-22(27)20-18-13-9-10-14-19(18)21(26)24(23-20)17-11-7-6-8-12-17/h6-14H,4-5,15-16H2,1-3H3/q+1. The SMILES string of the molecule is CC[N+](C)(CC)CCOC(=O)c1nn(-c2ccccc2)c(=O)c2ccccc12. The molecule has 2 aromatic carbocycles. The van der Waals surface area contributed by atoms with E-state index in [4.69, 9.17) is 4.74 Å². The van der Waals surface area contributed by atoms with Gasteiger partial charge in [-0.1, -0.05) is 36.4 Å². The summed E-state index contributed by atoms with van der Waals surface area (Å²) in [6, 6.07) is 16.1. The summed E-state index contributed by atoms with van der Waals surface area (Å²) >= 11 is 0. The van der Waals surface area contributed by atoms with Crippen LogP contribution in [0.15, 0.2) is 59.4 Å². The van der Waals surface area contributed by atoms with Crippen LogP contribution in [0.2, 0.25) is 0 Å². The molecule has 0 spiro atoms. The minimum Gasteiger partial charge on any atom is -0.455 e. The lowest BCUT2D eigenvalue weighted by molar-refractivity contribution is -0.906. The van der Waals surface area contributed by atoms with Crippen molar-refractivity contribution in [3.05, 3.63) is 70.6 Å². The van der Waals surface area contributed by atoms with Crippen LogP contribution in [0.5, 0.6) is 0 Å². The van der Waals surface area contributed by atoms with E-state index >= 15 is 0 Å². The molecular weight excluding hydrogens is 354 g/mol. The Morgan fingerprint density at radius 2 is 1.61 bits per heavy atom. The lowest BCUT2D eigenvalue weighted by atomic mass is 10.1. The minimum atomic E-state index is -0.514. The molecule has 0 aliphatic rings. The molecule has 0 unspecified atom stereocenters. The number of carbonyl (C=O) groups excluding carboxylic acids is 1. The van der Waals surface area contributed by atoms with Crippen molar-refractivity contribution in [2.45, 2.75) is 13.8 Å². The van der Waals surface area contributed by atoms with Gasteiger partial charge in [-0.3, -0.25) is 4.79 Å². The molecule has 0 radical (unpaired) electrons. The number of likely N-dealkylation sites (N-methyl/N-ethyl adjacent to an activating group) is 1. The molecule has 0 saturated heterocycles. The Morgan fingerprint density at radius 3 is 2.25 bits per heavy atom. The zero-order chi connectivity index (χ0) is 20.1. The van der Waals surface area contributed by atoms with Crippen LogP contribution < -0.4 is 5.56 Å². The van der Waals surface area contributed by atoms with Gasteiger partial charge in [0.25, 0.3) is 5.56 Å². The average molecular weight is 380 g/mol. The van der Waals surface area contributed by atoms with E-state index in [0.29, 0.717) is 23.1 Å². The summed E-state index contributed by atoms with van der Waals surface area (Å²) in [6.07, 6.45) is 0. The molecule has 6 heteroatoms. The molecule has 0 fully saturated rings. The molecule has 1 heterocycles. The smallest absolute Gasteiger partial charge is 0.359 e. The molecule has 6 nitrogen and oxygen atoms in total. The topological polar surface area (TPSA) is 61.2 Å². The highest BCUT2D eigenvalue weighted by Crippen LogP contribution is 2.16. The lowest BCUT2D eigenvalue weighted by Crippen LogP contribution is -2.46. The number of para-hydroxylation sites is 1. The Hall–Kier alpha value is -2.99. The molecule has 146 valence electrons. The van der Waals surface area contributed by atoms with Crippen LogP contribution >= 0.6 is 0 Å². The molecule has 3 rings (SSSR count). The van der Waals surface area contributed by atoms with E-state index in [0.717, 1.165) is 24.1 Å². The van der Waals surface area contributed by atoms with Crippen molar-refractivity contribution in [1.29, 1.82) is 0 Å². The zero-order valence-corrected chi connectivity index (χ0v) is 16.6. The van der Waals surface area contributed by atoms with Crippen LogP contribution in [0.1, 0.15) is 24.3 Å². The minimum absolute atomic E-state index is 0.154. The predicted octanol–water partition coefficient (Wildman–Crippen LogP) is 3.03. The normalized spacial score (nSPS) is 11.5. The van der Waals surface area contributed by atoms with Gasteiger partial charge in [0.2, 0.25) is 0 Å². The summed E-state index contributed by atoms with van der Waals surface area (Å²) in [6.45, 7) is 7.21. The number of aromatic nitrogens is 2. The summed E-state index contributed by atoms with van der Waals surface area (Å²) in [7, 11) is 2.14. The fraction of sp³-hybridized carbons (Fsp3) is 0.318. The maximum atomic E-state index is 12.9. The van der Waals surface area contributed by atoms with E-state index in [1.807, 2.05) is 18.2 Å². The predicted molar refractivity (Wildman–Crippen MR) is 110 cm³/mol. The van der Waals surface area contributed by atoms with Gasteiger partial charge < -0.3 is 9.22 Å². The first-order valence-electron chi connectivity index (χ1n) is 9.57. The highest BCUT2D eigenvalue weighted by Gasteiger charge is 2.21. The maximum absolute atomic E-state index is 12.9. The second-order valence-corrected chi connectivity index (χ2v) is 7.06. The van der Waals surface area contributed by atoms with Crippen LogP contribution in [0.4, 0.5) is 0 Å². The molecule has 28 heavy (non-hydrogen) atoms. The highest BCUT2D eigenvalue weighted by atomic mass is 16.5. The fourth-order valence-corrected chi connectivity index (χ4v) is 3.05. The summed E-state index contributed by atoms with van der Waals surface area (Å²) in [5, 5.41) is 5.30.